The summed E-state index contributed by atoms with van der Waals surface area (Å²) < 4.78 is 41.5. The van der Waals surface area contributed by atoms with E-state index >= 15 is 0 Å². The van der Waals surface area contributed by atoms with E-state index in [-0.39, 0.29) is 13.7 Å². The van der Waals surface area contributed by atoms with Crippen molar-refractivity contribution in [2.24, 2.45) is 0 Å². The molecule has 0 amide bonds. The molecule has 2 aliphatic rings. The molecule has 146 valence electrons. The zero-order chi connectivity index (χ0) is 18.3. The zero-order valence-electron chi connectivity index (χ0n) is 14.3. The summed E-state index contributed by atoms with van der Waals surface area (Å²) >= 11 is 0.422. The third-order valence-electron chi connectivity index (χ3n) is 4.79. The van der Waals surface area contributed by atoms with Gasteiger partial charge in [-0.2, -0.15) is 0 Å². The van der Waals surface area contributed by atoms with Crippen molar-refractivity contribution in [3.63, 3.8) is 0 Å². The Morgan fingerprint density at radius 2 is 1.52 bits per heavy atom. The zero-order valence-corrected chi connectivity index (χ0v) is 17.5. The van der Waals surface area contributed by atoms with Crippen LogP contribution in [0.15, 0.2) is 24.3 Å². The fourth-order valence-corrected chi connectivity index (χ4v) is 7.74. The molecule has 0 aliphatic heterocycles. The first kappa shape index (κ1) is 21.5. The van der Waals surface area contributed by atoms with Gasteiger partial charge >= 0.3 is 38.2 Å². The van der Waals surface area contributed by atoms with E-state index in [1.54, 1.807) is 12.1 Å². The van der Waals surface area contributed by atoms with E-state index < -0.39 is 6.36 Å². The average molecular weight is 487 g/mol. The Kier molecular flexibility index (Phi) is 9.03. The second kappa shape index (κ2) is 10.5. The molecule has 0 bridgehead atoms. The van der Waals surface area contributed by atoms with Crippen LogP contribution in [0.5, 0.6) is 5.75 Å². The summed E-state index contributed by atoms with van der Waals surface area (Å²) in [7, 11) is 4.69. The minimum absolute atomic E-state index is 0.0616. The standard InChI is InChI=1S/C17H22F3OP.CH3.ClH.Pd/c18-17(19,20)21-13-6-5-11-16(12-13)22(14-7-1-2-8-14)15-9-3-4-10-15;;;/h5-6,11-12,14-15H,1-4,7-10H2;1H3;1H;/q;;;+1/p-1. The van der Waals surface area contributed by atoms with Crippen LogP contribution in [0, 0.1) is 0 Å². The van der Waals surface area contributed by atoms with Gasteiger partial charge in [0.05, 0.1) is 0 Å². The SMILES string of the molecule is FC(F)(F)Oc1cccc(P(C2CCCC2)C2CCCC2)c1.[CH3][Pd][Cl]. The molecule has 0 aromatic heterocycles. The Morgan fingerprint density at radius 1 is 1.04 bits per heavy atom. The van der Waals surface area contributed by atoms with Crippen LogP contribution in [0.25, 0.3) is 0 Å². The van der Waals surface area contributed by atoms with Crippen LogP contribution in [0.4, 0.5) is 13.2 Å². The fraction of sp³-hybridized carbons (Fsp3) is 0.667. The van der Waals surface area contributed by atoms with Crippen molar-refractivity contribution >= 4 is 22.8 Å². The van der Waals surface area contributed by atoms with E-state index in [1.807, 2.05) is 11.5 Å². The quantitative estimate of drug-likeness (QED) is 0.334. The minimum atomic E-state index is -4.61. The third-order valence-corrected chi connectivity index (χ3v) is 8.27. The summed E-state index contributed by atoms with van der Waals surface area (Å²) in [6.45, 7) is 0. The van der Waals surface area contributed by atoms with Crippen molar-refractivity contribution in [1.29, 1.82) is 0 Å². The van der Waals surface area contributed by atoms with Gasteiger partial charge in [0.1, 0.15) is 5.75 Å². The summed E-state index contributed by atoms with van der Waals surface area (Å²) in [5, 5.41) is 3.05. The summed E-state index contributed by atoms with van der Waals surface area (Å²) in [6.07, 6.45) is 5.45. The van der Waals surface area contributed by atoms with Gasteiger partial charge in [0.15, 0.2) is 0 Å². The first-order valence-corrected chi connectivity index (χ1v) is 13.6. The van der Waals surface area contributed by atoms with Crippen molar-refractivity contribution in [3.05, 3.63) is 24.3 Å². The first-order chi connectivity index (χ1) is 11.9. The fourth-order valence-electron chi connectivity index (χ4n) is 3.93. The predicted octanol–water partition coefficient (Wildman–Crippen LogP) is 6.85. The predicted molar refractivity (Wildman–Crippen MR) is 95.9 cm³/mol. The van der Waals surface area contributed by atoms with E-state index in [2.05, 4.69) is 4.74 Å². The molecule has 0 atom stereocenters. The molecule has 0 saturated heterocycles. The summed E-state index contributed by atoms with van der Waals surface area (Å²) in [6, 6.07) is 6.80. The Balaban J connectivity index is 0.000000701. The van der Waals surface area contributed by atoms with Crippen molar-refractivity contribution in [1.82, 2.24) is 0 Å². The van der Waals surface area contributed by atoms with Gasteiger partial charge in [-0.05, 0) is 54.4 Å². The molecule has 2 aliphatic carbocycles. The van der Waals surface area contributed by atoms with Crippen LogP contribution in [0.1, 0.15) is 51.4 Å². The molecule has 25 heavy (non-hydrogen) atoms. The van der Waals surface area contributed by atoms with E-state index in [0.29, 0.717) is 28.3 Å². The van der Waals surface area contributed by atoms with Gasteiger partial charge in [-0.25, -0.2) is 0 Å². The van der Waals surface area contributed by atoms with Gasteiger partial charge < -0.3 is 4.74 Å². The average Bonchev–Trinajstić information content (AvgIpc) is 3.21. The number of benzene rings is 1. The molecule has 0 unspecified atom stereocenters. The number of halogens is 4. The van der Waals surface area contributed by atoms with E-state index in [9.17, 15) is 13.2 Å². The van der Waals surface area contributed by atoms with Crippen molar-refractivity contribution in [2.75, 3.05) is 0 Å². The summed E-state index contributed by atoms with van der Waals surface area (Å²) in [4.78, 5) is 0. The number of alkyl halides is 3. The van der Waals surface area contributed by atoms with Gasteiger partial charge in [-0.1, -0.05) is 45.7 Å². The van der Waals surface area contributed by atoms with E-state index in [1.165, 1.54) is 57.4 Å². The molecular weight excluding hydrogens is 462 g/mol. The second-order valence-corrected chi connectivity index (χ2v) is 11.2. The van der Waals surface area contributed by atoms with Gasteiger partial charge in [0.2, 0.25) is 0 Å². The van der Waals surface area contributed by atoms with Crippen molar-refractivity contribution in [2.45, 2.75) is 74.4 Å². The molecule has 0 spiro atoms. The van der Waals surface area contributed by atoms with Crippen LogP contribution in [-0.2, 0) is 17.0 Å². The maximum absolute atomic E-state index is 12.5. The van der Waals surface area contributed by atoms with Gasteiger partial charge in [0.25, 0.3) is 0 Å². The molecule has 0 heterocycles. The normalized spacial score (nSPS) is 19.3. The molecule has 1 aromatic rings. The molecule has 0 N–H and O–H groups in total. The molecule has 1 aromatic carbocycles. The second-order valence-electron chi connectivity index (χ2n) is 6.45. The summed E-state index contributed by atoms with van der Waals surface area (Å²) in [5.74, 6) is -0.0616. The Labute approximate surface area is 161 Å². The molecular formula is C18H25ClF3OPPd. The topological polar surface area (TPSA) is 9.23 Å². The molecule has 2 fully saturated rings. The Bertz CT molecular complexity index is 501. The van der Waals surface area contributed by atoms with Crippen LogP contribution < -0.4 is 10.0 Å². The van der Waals surface area contributed by atoms with Crippen LogP contribution in [0.2, 0.25) is 5.40 Å². The maximum atomic E-state index is 12.5. The van der Waals surface area contributed by atoms with E-state index in [4.69, 9.17) is 9.53 Å². The number of hydrogen-bond acceptors (Lipinski definition) is 1. The van der Waals surface area contributed by atoms with Crippen molar-refractivity contribution in [3.8, 4) is 5.75 Å². The van der Waals surface area contributed by atoms with Crippen molar-refractivity contribution < 1.29 is 34.9 Å². The number of hydrogen-bond donors (Lipinski definition) is 0. The third kappa shape index (κ3) is 7.02. The first-order valence-electron chi connectivity index (χ1n) is 8.61. The molecule has 0 radical (unpaired) electrons. The van der Waals surface area contributed by atoms with E-state index in [0.717, 1.165) is 5.30 Å². The monoisotopic (exact) mass is 486 g/mol. The van der Waals surface area contributed by atoms with Crippen LogP contribution in [0.3, 0.4) is 0 Å². The molecule has 7 heteroatoms. The molecule has 3 rings (SSSR count). The van der Waals surface area contributed by atoms with Gasteiger partial charge in [-0.15, -0.1) is 13.2 Å². The van der Waals surface area contributed by atoms with Crippen LogP contribution in [-0.4, -0.2) is 17.7 Å². The van der Waals surface area contributed by atoms with Gasteiger partial charge in [0, 0.05) is 0 Å². The number of ether oxygens (including phenoxy) is 1. The molecule has 2 saturated carbocycles. The molecule has 1 nitrogen and oxygen atoms in total. The van der Waals surface area contributed by atoms with Gasteiger partial charge in [-0.3, -0.25) is 0 Å². The number of rotatable bonds is 4. The Hall–Kier alpha value is 0.192. The van der Waals surface area contributed by atoms with Crippen LogP contribution >= 0.6 is 17.5 Å². The summed E-state index contributed by atoms with van der Waals surface area (Å²) in [5.41, 5.74) is 1.39. The Morgan fingerprint density at radius 3 is 1.96 bits per heavy atom.